The molecule has 5 nitrogen and oxygen atoms in total. The first kappa shape index (κ1) is 22.1. The van der Waals surface area contributed by atoms with Crippen LogP contribution in [0.4, 0.5) is 0 Å². The lowest BCUT2D eigenvalue weighted by Gasteiger charge is -2.43. The van der Waals surface area contributed by atoms with E-state index >= 15 is 0 Å². The third-order valence-corrected chi connectivity index (χ3v) is 8.27. The van der Waals surface area contributed by atoms with Crippen LogP contribution in [-0.4, -0.2) is 73.1 Å². The van der Waals surface area contributed by atoms with E-state index < -0.39 is 7.51 Å². The Hall–Kier alpha value is 0.0700. The molecular weight excluding hydrogens is 293 g/mol. The molecule has 0 aliphatic heterocycles. The molecule has 0 heterocycles. The molecule has 0 fully saturated rings. The molecule has 134 valence electrons. The standard InChI is InChI=1S/C16H40N5P/c1-8-17-22(20(11-4)12-5,21(13-6)14-7)18-15-16-19(9-2)10-3/h17H,8-16H2,1-7H3. The van der Waals surface area contributed by atoms with Crippen LogP contribution in [0.3, 0.4) is 0 Å². The maximum atomic E-state index is 5.27. The zero-order valence-corrected chi connectivity index (χ0v) is 17.0. The van der Waals surface area contributed by atoms with E-state index in [0.717, 1.165) is 58.9 Å². The van der Waals surface area contributed by atoms with Gasteiger partial charge >= 0.3 is 0 Å². The van der Waals surface area contributed by atoms with Gasteiger partial charge in [0.15, 0.2) is 7.51 Å². The van der Waals surface area contributed by atoms with Crippen molar-refractivity contribution >= 4 is 7.51 Å². The van der Waals surface area contributed by atoms with Gasteiger partial charge in [-0.25, -0.2) is 9.34 Å². The van der Waals surface area contributed by atoms with Crippen LogP contribution in [-0.2, 0) is 0 Å². The van der Waals surface area contributed by atoms with Crippen LogP contribution in [0.25, 0.3) is 0 Å². The van der Waals surface area contributed by atoms with Crippen molar-refractivity contribution in [2.75, 3.05) is 58.9 Å². The summed E-state index contributed by atoms with van der Waals surface area (Å²) in [6.45, 7) is 25.0. The van der Waals surface area contributed by atoms with Crippen LogP contribution in [0.5, 0.6) is 0 Å². The fourth-order valence-electron chi connectivity index (χ4n) is 2.92. The summed E-state index contributed by atoms with van der Waals surface area (Å²) in [4.78, 5) is 2.45. The van der Waals surface area contributed by atoms with Crippen LogP contribution in [0.15, 0.2) is 4.74 Å². The van der Waals surface area contributed by atoms with Crippen molar-refractivity contribution < 1.29 is 0 Å². The Morgan fingerprint density at radius 2 is 1.18 bits per heavy atom. The zero-order chi connectivity index (χ0) is 17.0. The molecule has 0 spiro atoms. The minimum atomic E-state index is -1.78. The second-order valence-corrected chi connectivity index (χ2v) is 8.12. The van der Waals surface area contributed by atoms with Gasteiger partial charge in [-0.15, -0.1) is 0 Å². The summed E-state index contributed by atoms with van der Waals surface area (Å²) in [5.41, 5.74) is 0. The molecule has 0 aromatic carbocycles. The lowest BCUT2D eigenvalue weighted by atomic mass is 10.5. The van der Waals surface area contributed by atoms with Crippen molar-refractivity contribution in [3.05, 3.63) is 0 Å². The zero-order valence-electron chi connectivity index (χ0n) is 16.1. The highest BCUT2D eigenvalue weighted by molar-refractivity contribution is 7.59. The minimum Gasteiger partial charge on any atom is -0.302 e. The topological polar surface area (TPSA) is 34.1 Å². The summed E-state index contributed by atoms with van der Waals surface area (Å²) in [6.07, 6.45) is 0. The third kappa shape index (κ3) is 5.93. The van der Waals surface area contributed by atoms with E-state index in [9.17, 15) is 0 Å². The molecule has 6 heteroatoms. The molecule has 0 aliphatic carbocycles. The molecule has 0 radical (unpaired) electrons. The summed E-state index contributed by atoms with van der Waals surface area (Å²) in [5.74, 6) is 0. The fraction of sp³-hybridized carbons (Fsp3) is 1.00. The van der Waals surface area contributed by atoms with Gasteiger partial charge in [-0.3, -0.25) is 9.83 Å². The van der Waals surface area contributed by atoms with Gasteiger partial charge in [0.05, 0.1) is 6.54 Å². The van der Waals surface area contributed by atoms with E-state index in [4.69, 9.17) is 4.74 Å². The highest BCUT2D eigenvalue weighted by atomic mass is 31.2. The van der Waals surface area contributed by atoms with E-state index in [-0.39, 0.29) is 0 Å². The number of rotatable bonds is 13. The lowest BCUT2D eigenvalue weighted by molar-refractivity contribution is 0.312. The van der Waals surface area contributed by atoms with Gasteiger partial charge in [0.25, 0.3) is 0 Å². The molecule has 0 bridgehead atoms. The molecule has 0 unspecified atom stereocenters. The molecule has 0 atom stereocenters. The first-order valence-electron chi connectivity index (χ1n) is 9.16. The van der Waals surface area contributed by atoms with E-state index in [1.807, 2.05) is 0 Å². The second-order valence-electron chi connectivity index (χ2n) is 5.25. The van der Waals surface area contributed by atoms with E-state index in [0.29, 0.717) is 0 Å². The number of nitrogens with one attached hydrogen (secondary N) is 1. The Bertz CT molecular complexity index is 294. The Morgan fingerprint density at radius 1 is 0.727 bits per heavy atom. The van der Waals surface area contributed by atoms with Crippen LogP contribution < -0.4 is 5.09 Å². The van der Waals surface area contributed by atoms with Gasteiger partial charge in [-0.05, 0) is 19.6 Å². The van der Waals surface area contributed by atoms with E-state index in [1.165, 1.54) is 0 Å². The van der Waals surface area contributed by atoms with Gasteiger partial charge in [-0.2, -0.15) is 0 Å². The molecule has 0 aromatic heterocycles. The normalized spacial score (nSPS) is 12.6. The van der Waals surface area contributed by atoms with E-state index in [1.54, 1.807) is 0 Å². The Balaban J connectivity index is 5.50. The second kappa shape index (κ2) is 12.5. The molecule has 0 aromatic rings. The predicted molar refractivity (Wildman–Crippen MR) is 102 cm³/mol. The highest BCUT2D eigenvalue weighted by Crippen LogP contribution is 2.52. The van der Waals surface area contributed by atoms with Crippen molar-refractivity contribution in [1.29, 1.82) is 0 Å². The number of hydrogen-bond donors (Lipinski definition) is 1. The summed E-state index contributed by atoms with van der Waals surface area (Å²) >= 11 is 0. The molecular formula is C16H40N5P. The van der Waals surface area contributed by atoms with Gasteiger partial charge in [0.1, 0.15) is 0 Å². The Kier molecular flexibility index (Phi) is 12.5. The summed E-state index contributed by atoms with van der Waals surface area (Å²) in [5, 5.41) is 3.79. The van der Waals surface area contributed by atoms with Crippen LogP contribution in [0.2, 0.25) is 0 Å². The first-order valence-corrected chi connectivity index (χ1v) is 10.8. The summed E-state index contributed by atoms with van der Waals surface area (Å²) in [7, 11) is -1.78. The monoisotopic (exact) mass is 333 g/mol. The molecule has 0 saturated carbocycles. The molecule has 0 rings (SSSR count). The maximum Gasteiger partial charge on any atom is 0.165 e. The largest absolute Gasteiger partial charge is 0.302 e. The molecule has 1 N–H and O–H groups in total. The molecule has 22 heavy (non-hydrogen) atoms. The van der Waals surface area contributed by atoms with Crippen molar-refractivity contribution in [1.82, 2.24) is 19.3 Å². The quantitative estimate of drug-likeness (QED) is 0.523. The van der Waals surface area contributed by atoms with Crippen molar-refractivity contribution in [2.45, 2.75) is 48.5 Å². The van der Waals surface area contributed by atoms with Gasteiger partial charge < -0.3 is 4.90 Å². The SMILES string of the molecule is CCNP(=NCCN(CC)CC)(N(CC)CC)N(CC)CC. The Labute approximate surface area is 139 Å². The van der Waals surface area contributed by atoms with E-state index in [2.05, 4.69) is 67.8 Å². The number of hydrogen-bond acceptors (Lipinski definition) is 2. The maximum absolute atomic E-state index is 5.27. The lowest BCUT2D eigenvalue weighted by Crippen LogP contribution is -2.39. The molecule has 0 amide bonds. The smallest absolute Gasteiger partial charge is 0.165 e. The van der Waals surface area contributed by atoms with Crippen LogP contribution in [0.1, 0.15) is 48.5 Å². The predicted octanol–water partition coefficient (Wildman–Crippen LogP) is 3.57. The van der Waals surface area contributed by atoms with Gasteiger partial charge in [0, 0.05) is 32.7 Å². The average molecular weight is 334 g/mol. The van der Waals surface area contributed by atoms with Crippen molar-refractivity contribution in [3.63, 3.8) is 0 Å². The summed E-state index contributed by atoms with van der Waals surface area (Å²) < 4.78 is 10.4. The van der Waals surface area contributed by atoms with Gasteiger partial charge in [0.2, 0.25) is 0 Å². The van der Waals surface area contributed by atoms with Crippen molar-refractivity contribution in [2.24, 2.45) is 4.74 Å². The number of likely N-dealkylation sites (N-methyl/N-ethyl adjacent to an activating group) is 1. The van der Waals surface area contributed by atoms with Gasteiger partial charge in [-0.1, -0.05) is 48.5 Å². The summed E-state index contributed by atoms with van der Waals surface area (Å²) in [6, 6.07) is 0. The average Bonchev–Trinajstić information content (AvgIpc) is 2.54. The first-order chi connectivity index (χ1) is 10.6. The molecule has 0 aliphatic rings. The molecule has 0 saturated heterocycles. The third-order valence-electron chi connectivity index (χ3n) is 4.23. The van der Waals surface area contributed by atoms with Crippen LogP contribution in [0, 0.1) is 0 Å². The Morgan fingerprint density at radius 3 is 1.50 bits per heavy atom. The minimum absolute atomic E-state index is 0.912. The van der Waals surface area contributed by atoms with Crippen LogP contribution >= 0.6 is 7.51 Å². The van der Waals surface area contributed by atoms with Crippen molar-refractivity contribution in [3.8, 4) is 0 Å². The number of nitrogens with zero attached hydrogens (tertiary/aromatic N) is 4. The fourth-order valence-corrected chi connectivity index (χ4v) is 6.51. The highest BCUT2D eigenvalue weighted by Gasteiger charge is 2.30.